The van der Waals surface area contributed by atoms with Crippen LogP contribution in [0.25, 0.3) is 0 Å². The molecule has 0 saturated heterocycles. The first-order valence-corrected chi connectivity index (χ1v) is 5.63. The average molecular weight is 274 g/mol. The predicted octanol–water partition coefficient (Wildman–Crippen LogP) is 3.07. The van der Waals surface area contributed by atoms with Gasteiger partial charge in [0.15, 0.2) is 0 Å². The molecule has 1 aromatic rings. The van der Waals surface area contributed by atoms with E-state index < -0.39 is 5.82 Å². The Morgan fingerprint density at radius 1 is 1.33 bits per heavy atom. The lowest BCUT2D eigenvalue weighted by molar-refractivity contribution is 0.0772. The van der Waals surface area contributed by atoms with E-state index in [1.54, 1.807) is 11.0 Å². The SMILES string of the molecule is CCN(CC)C(=O)c1cc(F)cc(Br)c1. The van der Waals surface area contributed by atoms with Crippen LogP contribution < -0.4 is 0 Å². The lowest BCUT2D eigenvalue weighted by Crippen LogP contribution is -2.30. The van der Waals surface area contributed by atoms with Crippen LogP contribution in [0.1, 0.15) is 24.2 Å². The third-order valence-electron chi connectivity index (χ3n) is 2.16. The van der Waals surface area contributed by atoms with Crippen molar-refractivity contribution in [3.05, 3.63) is 34.1 Å². The highest BCUT2D eigenvalue weighted by Crippen LogP contribution is 2.16. The minimum atomic E-state index is -0.403. The largest absolute Gasteiger partial charge is 0.339 e. The van der Waals surface area contributed by atoms with Gasteiger partial charge in [-0.25, -0.2) is 4.39 Å². The van der Waals surface area contributed by atoms with Crippen molar-refractivity contribution in [1.29, 1.82) is 0 Å². The van der Waals surface area contributed by atoms with E-state index in [2.05, 4.69) is 15.9 Å². The molecule has 0 heterocycles. The average Bonchev–Trinajstić information content (AvgIpc) is 2.18. The first-order chi connectivity index (χ1) is 7.08. The molecular weight excluding hydrogens is 261 g/mol. The van der Waals surface area contributed by atoms with E-state index in [0.29, 0.717) is 23.1 Å². The molecule has 15 heavy (non-hydrogen) atoms. The topological polar surface area (TPSA) is 20.3 Å². The molecule has 82 valence electrons. The van der Waals surface area contributed by atoms with Crippen molar-refractivity contribution in [3.8, 4) is 0 Å². The van der Waals surface area contributed by atoms with Gasteiger partial charge in [-0.05, 0) is 32.0 Å². The maximum atomic E-state index is 13.1. The molecule has 4 heteroatoms. The number of hydrogen-bond donors (Lipinski definition) is 0. The fourth-order valence-corrected chi connectivity index (χ4v) is 1.84. The number of benzene rings is 1. The summed E-state index contributed by atoms with van der Waals surface area (Å²) in [5.41, 5.74) is 0.380. The molecule has 1 amide bonds. The maximum absolute atomic E-state index is 13.1. The lowest BCUT2D eigenvalue weighted by atomic mass is 10.2. The summed E-state index contributed by atoms with van der Waals surface area (Å²) < 4.78 is 13.6. The summed E-state index contributed by atoms with van der Waals surface area (Å²) >= 11 is 3.16. The van der Waals surface area contributed by atoms with Crippen LogP contribution in [-0.2, 0) is 0 Å². The van der Waals surface area contributed by atoms with Crippen LogP contribution in [0.5, 0.6) is 0 Å². The van der Waals surface area contributed by atoms with Gasteiger partial charge in [0, 0.05) is 23.1 Å². The molecule has 0 aromatic heterocycles. The Morgan fingerprint density at radius 3 is 2.40 bits per heavy atom. The zero-order valence-corrected chi connectivity index (χ0v) is 10.3. The number of halogens is 2. The van der Waals surface area contributed by atoms with E-state index in [4.69, 9.17) is 0 Å². The van der Waals surface area contributed by atoms with Crippen LogP contribution in [0.2, 0.25) is 0 Å². The van der Waals surface area contributed by atoms with E-state index in [1.807, 2.05) is 13.8 Å². The second kappa shape index (κ2) is 5.26. The van der Waals surface area contributed by atoms with Gasteiger partial charge in [-0.3, -0.25) is 4.79 Å². The quantitative estimate of drug-likeness (QED) is 0.829. The highest BCUT2D eigenvalue weighted by molar-refractivity contribution is 9.10. The van der Waals surface area contributed by atoms with Gasteiger partial charge in [0.1, 0.15) is 5.82 Å². The number of amides is 1. The molecule has 1 rings (SSSR count). The summed E-state index contributed by atoms with van der Waals surface area (Å²) in [6.45, 7) is 5.05. The fraction of sp³-hybridized carbons (Fsp3) is 0.364. The van der Waals surface area contributed by atoms with Gasteiger partial charge in [0.25, 0.3) is 5.91 Å². The van der Waals surface area contributed by atoms with Gasteiger partial charge in [-0.15, -0.1) is 0 Å². The minimum absolute atomic E-state index is 0.139. The van der Waals surface area contributed by atoms with Crippen molar-refractivity contribution in [2.45, 2.75) is 13.8 Å². The van der Waals surface area contributed by atoms with Crippen molar-refractivity contribution in [1.82, 2.24) is 4.90 Å². The predicted molar refractivity (Wildman–Crippen MR) is 61.4 cm³/mol. The Morgan fingerprint density at radius 2 is 1.93 bits per heavy atom. The number of carbonyl (C=O) groups excluding carboxylic acids is 1. The second-order valence-corrected chi connectivity index (χ2v) is 4.05. The standard InChI is InChI=1S/C11H13BrFNO/c1-3-14(4-2)11(15)8-5-9(12)7-10(13)6-8/h5-7H,3-4H2,1-2H3. The van der Waals surface area contributed by atoms with Crippen molar-refractivity contribution in [2.24, 2.45) is 0 Å². The Labute approximate surface area is 97.2 Å². The maximum Gasteiger partial charge on any atom is 0.253 e. The van der Waals surface area contributed by atoms with Crippen LogP contribution >= 0.6 is 15.9 Å². The monoisotopic (exact) mass is 273 g/mol. The highest BCUT2D eigenvalue weighted by atomic mass is 79.9. The van der Waals surface area contributed by atoms with Crippen molar-refractivity contribution < 1.29 is 9.18 Å². The number of hydrogen-bond acceptors (Lipinski definition) is 1. The Kier molecular flexibility index (Phi) is 4.27. The summed E-state index contributed by atoms with van der Waals surface area (Å²) in [6.07, 6.45) is 0. The van der Waals surface area contributed by atoms with Crippen molar-refractivity contribution in [3.63, 3.8) is 0 Å². The third kappa shape index (κ3) is 3.02. The molecule has 0 bridgehead atoms. The second-order valence-electron chi connectivity index (χ2n) is 3.14. The molecule has 0 fully saturated rings. The zero-order chi connectivity index (χ0) is 11.4. The van der Waals surface area contributed by atoms with Gasteiger partial charge in [0.05, 0.1) is 0 Å². The van der Waals surface area contributed by atoms with Gasteiger partial charge in [-0.1, -0.05) is 15.9 Å². The first-order valence-electron chi connectivity index (χ1n) is 4.83. The Bertz CT molecular complexity index is 343. The molecule has 0 aliphatic heterocycles. The van der Waals surface area contributed by atoms with Gasteiger partial charge in [-0.2, -0.15) is 0 Å². The highest BCUT2D eigenvalue weighted by Gasteiger charge is 2.13. The van der Waals surface area contributed by atoms with Crippen LogP contribution in [0.15, 0.2) is 22.7 Å². The summed E-state index contributed by atoms with van der Waals surface area (Å²) in [5.74, 6) is -0.542. The molecule has 0 aliphatic rings. The molecule has 0 aliphatic carbocycles. The minimum Gasteiger partial charge on any atom is -0.339 e. The van der Waals surface area contributed by atoms with Gasteiger partial charge >= 0.3 is 0 Å². The van der Waals surface area contributed by atoms with Crippen molar-refractivity contribution in [2.75, 3.05) is 13.1 Å². The summed E-state index contributed by atoms with van der Waals surface area (Å²) in [6, 6.07) is 4.22. The van der Waals surface area contributed by atoms with Gasteiger partial charge < -0.3 is 4.90 Å². The Hall–Kier alpha value is -0.900. The zero-order valence-electron chi connectivity index (χ0n) is 8.76. The van der Waals surface area contributed by atoms with Crippen molar-refractivity contribution >= 4 is 21.8 Å². The summed E-state index contributed by atoms with van der Waals surface area (Å²) in [4.78, 5) is 13.5. The molecule has 0 N–H and O–H groups in total. The molecule has 0 unspecified atom stereocenters. The van der Waals surface area contributed by atoms with Crippen LogP contribution in [0, 0.1) is 5.82 Å². The number of rotatable bonds is 3. The smallest absolute Gasteiger partial charge is 0.253 e. The van der Waals surface area contributed by atoms with E-state index >= 15 is 0 Å². The van der Waals surface area contributed by atoms with Crippen LogP contribution in [0.3, 0.4) is 0 Å². The first kappa shape index (κ1) is 12.2. The molecule has 0 spiro atoms. The normalized spacial score (nSPS) is 10.1. The number of carbonyl (C=O) groups is 1. The molecule has 2 nitrogen and oxygen atoms in total. The van der Waals surface area contributed by atoms with E-state index in [9.17, 15) is 9.18 Å². The van der Waals surface area contributed by atoms with E-state index in [-0.39, 0.29) is 5.91 Å². The molecule has 0 atom stereocenters. The number of nitrogens with zero attached hydrogens (tertiary/aromatic N) is 1. The van der Waals surface area contributed by atoms with Crippen LogP contribution in [0.4, 0.5) is 4.39 Å². The van der Waals surface area contributed by atoms with E-state index in [0.717, 1.165) is 0 Å². The van der Waals surface area contributed by atoms with Crippen LogP contribution in [-0.4, -0.2) is 23.9 Å². The summed E-state index contributed by atoms with van der Waals surface area (Å²) in [5, 5.41) is 0. The molecule has 0 saturated carbocycles. The third-order valence-corrected chi connectivity index (χ3v) is 2.62. The Balaban J connectivity index is 3.00. The van der Waals surface area contributed by atoms with Gasteiger partial charge in [0.2, 0.25) is 0 Å². The summed E-state index contributed by atoms with van der Waals surface area (Å²) in [7, 11) is 0. The fourth-order valence-electron chi connectivity index (χ4n) is 1.37. The lowest BCUT2D eigenvalue weighted by Gasteiger charge is -2.18. The van der Waals surface area contributed by atoms with E-state index in [1.165, 1.54) is 12.1 Å². The molecule has 0 radical (unpaired) electrons. The molecular formula is C11H13BrFNO. The molecule has 1 aromatic carbocycles.